The minimum atomic E-state index is -1.73. The van der Waals surface area contributed by atoms with Crippen LogP contribution >= 0.6 is 22.6 Å². The molecule has 0 radical (unpaired) electrons. The normalized spacial score (nSPS) is 14.5. The van der Waals surface area contributed by atoms with E-state index in [-0.39, 0.29) is 0 Å². The molecule has 0 aromatic heterocycles. The molecule has 15 heavy (non-hydrogen) atoms. The summed E-state index contributed by atoms with van der Waals surface area (Å²) in [7, 11) is 1.54. The van der Waals surface area contributed by atoms with Gasteiger partial charge >= 0.3 is 0 Å². The van der Waals surface area contributed by atoms with Crippen molar-refractivity contribution in [2.45, 2.75) is 17.3 Å². The standard InChI is InChI=1S/C10H13FINO2/c1-10(11,12)15-8-4-3-7(6-13)9(5-8)14-2/h3-5H,6,13H2,1-2H3. The molecule has 0 heterocycles. The lowest BCUT2D eigenvalue weighted by Gasteiger charge is -2.16. The molecular formula is C10H13FINO2. The molecule has 1 aromatic rings. The number of hydrogen-bond donors (Lipinski definition) is 1. The van der Waals surface area contributed by atoms with Gasteiger partial charge in [0.15, 0.2) is 0 Å². The van der Waals surface area contributed by atoms with Gasteiger partial charge in [-0.3, -0.25) is 0 Å². The van der Waals surface area contributed by atoms with Crippen LogP contribution in [0.5, 0.6) is 11.5 Å². The second-order valence-corrected chi connectivity index (χ2v) is 5.01. The summed E-state index contributed by atoms with van der Waals surface area (Å²) in [6.07, 6.45) is 0. The highest BCUT2D eigenvalue weighted by Gasteiger charge is 2.20. The molecule has 0 saturated heterocycles. The molecule has 84 valence electrons. The van der Waals surface area contributed by atoms with Crippen LogP contribution in [0.3, 0.4) is 0 Å². The van der Waals surface area contributed by atoms with Crippen LogP contribution in [0.4, 0.5) is 4.39 Å². The van der Waals surface area contributed by atoms with Gasteiger partial charge in [-0.1, -0.05) is 6.07 Å². The molecule has 5 heteroatoms. The van der Waals surface area contributed by atoms with Gasteiger partial charge in [-0.05, 0) is 6.07 Å². The van der Waals surface area contributed by atoms with Crippen molar-refractivity contribution < 1.29 is 13.9 Å². The Hall–Kier alpha value is -0.560. The smallest absolute Gasteiger partial charge is 0.295 e. The van der Waals surface area contributed by atoms with Crippen LogP contribution in [0.15, 0.2) is 18.2 Å². The highest BCUT2D eigenvalue weighted by atomic mass is 127. The van der Waals surface area contributed by atoms with Crippen LogP contribution < -0.4 is 15.2 Å². The van der Waals surface area contributed by atoms with E-state index in [9.17, 15) is 4.39 Å². The second-order valence-electron chi connectivity index (χ2n) is 3.09. The number of halogens is 2. The van der Waals surface area contributed by atoms with Crippen molar-refractivity contribution in [3.63, 3.8) is 0 Å². The lowest BCUT2D eigenvalue weighted by atomic mass is 10.2. The third kappa shape index (κ3) is 3.83. The number of alkyl halides is 2. The summed E-state index contributed by atoms with van der Waals surface area (Å²) in [6, 6.07) is 5.05. The highest BCUT2D eigenvalue weighted by molar-refractivity contribution is 14.1. The molecule has 0 fully saturated rings. The van der Waals surface area contributed by atoms with E-state index in [4.69, 9.17) is 15.2 Å². The summed E-state index contributed by atoms with van der Waals surface area (Å²) in [5, 5.41) is 0. The maximum Gasteiger partial charge on any atom is 0.295 e. The predicted octanol–water partition coefficient (Wildman–Crippen LogP) is 2.61. The minimum Gasteiger partial charge on any atom is -0.496 e. The molecule has 1 rings (SSSR count). The summed E-state index contributed by atoms with van der Waals surface area (Å²) >= 11 is 1.57. The van der Waals surface area contributed by atoms with E-state index in [1.54, 1.807) is 40.8 Å². The lowest BCUT2D eigenvalue weighted by molar-refractivity contribution is 0.0670. The van der Waals surface area contributed by atoms with Crippen molar-refractivity contribution in [2.75, 3.05) is 7.11 Å². The Kier molecular flexibility index (Phi) is 4.15. The number of rotatable bonds is 4. The summed E-state index contributed by atoms with van der Waals surface area (Å²) in [5.41, 5.74) is 6.37. The van der Waals surface area contributed by atoms with Gasteiger partial charge < -0.3 is 15.2 Å². The van der Waals surface area contributed by atoms with Gasteiger partial charge in [-0.15, -0.1) is 0 Å². The molecule has 1 unspecified atom stereocenters. The van der Waals surface area contributed by atoms with Crippen LogP contribution in [-0.4, -0.2) is 11.0 Å². The van der Waals surface area contributed by atoms with Crippen molar-refractivity contribution in [3.05, 3.63) is 23.8 Å². The zero-order chi connectivity index (χ0) is 11.5. The minimum absolute atomic E-state index is 0.376. The number of nitrogens with two attached hydrogens (primary N) is 1. The maximum absolute atomic E-state index is 13.2. The molecular weight excluding hydrogens is 312 g/mol. The molecule has 1 atom stereocenters. The molecule has 0 amide bonds. The largest absolute Gasteiger partial charge is 0.496 e. The highest BCUT2D eigenvalue weighted by Crippen LogP contribution is 2.30. The van der Waals surface area contributed by atoms with E-state index in [0.717, 1.165) is 5.56 Å². The summed E-state index contributed by atoms with van der Waals surface area (Å²) in [5.74, 6) is 1.03. The SMILES string of the molecule is COc1cc(OC(C)(F)I)ccc1CN. The van der Waals surface area contributed by atoms with Gasteiger partial charge in [0.1, 0.15) is 11.5 Å². The van der Waals surface area contributed by atoms with E-state index in [1.807, 2.05) is 0 Å². The Balaban J connectivity index is 2.93. The van der Waals surface area contributed by atoms with E-state index in [0.29, 0.717) is 18.0 Å². The van der Waals surface area contributed by atoms with Gasteiger partial charge in [0, 0.05) is 47.7 Å². The Morgan fingerprint density at radius 3 is 2.67 bits per heavy atom. The van der Waals surface area contributed by atoms with E-state index in [2.05, 4.69) is 0 Å². The third-order valence-electron chi connectivity index (χ3n) is 1.78. The zero-order valence-corrected chi connectivity index (χ0v) is 10.7. The van der Waals surface area contributed by atoms with Crippen LogP contribution in [0, 0.1) is 0 Å². The summed E-state index contributed by atoms with van der Waals surface area (Å²) in [4.78, 5) is 0. The predicted molar refractivity (Wildman–Crippen MR) is 65.0 cm³/mol. The van der Waals surface area contributed by atoms with Crippen molar-refractivity contribution in [3.8, 4) is 11.5 Å². The molecule has 0 saturated carbocycles. The van der Waals surface area contributed by atoms with Gasteiger partial charge in [0.05, 0.1) is 7.11 Å². The first-order chi connectivity index (χ1) is 6.96. The van der Waals surface area contributed by atoms with Crippen LogP contribution in [0.25, 0.3) is 0 Å². The average molecular weight is 325 g/mol. The summed E-state index contributed by atoms with van der Waals surface area (Å²) in [6.45, 7) is 1.71. The zero-order valence-electron chi connectivity index (χ0n) is 8.59. The average Bonchev–Trinajstić information content (AvgIpc) is 2.15. The van der Waals surface area contributed by atoms with Crippen LogP contribution in [0.1, 0.15) is 12.5 Å². The number of benzene rings is 1. The number of hydrogen-bond acceptors (Lipinski definition) is 3. The van der Waals surface area contributed by atoms with Gasteiger partial charge in [-0.25, -0.2) is 0 Å². The molecule has 0 aliphatic rings. The quantitative estimate of drug-likeness (QED) is 0.684. The number of methoxy groups -OCH3 is 1. The van der Waals surface area contributed by atoms with Gasteiger partial charge in [0.25, 0.3) is 3.86 Å². The fourth-order valence-electron chi connectivity index (χ4n) is 1.16. The Bertz CT molecular complexity index is 339. The summed E-state index contributed by atoms with van der Waals surface area (Å²) < 4.78 is 21.6. The Morgan fingerprint density at radius 1 is 1.53 bits per heavy atom. The van der Waals surface area contributed by atoms with Gasteiger partial charge in [0.2, 0.25) is 0 Å². The molecule has 0 aliphatic heterocycles. The number of ether oxygens (including phenoxy) is 2. The van der Waals surface area contributed by atoms with Crippen molar-refractivity contribution >= 4 is 22.6 Å². The topological polar surface area (TPSA) is 44.5 Å². The van der Waals surface area contributed by atoms with E-state index >= 15 is 0 Å². The van der Waals surface area contributed by atoms with E-state index < -0.39 is 3.86 Å². The van der Waals surface area contributed by atoms with E-state index in [1.165, 1.54) is 14.0 Å². The fraction of sp³-hybridized carbons (Fsp3) is 0.400. The molecule has 1 aromatic carbocycles. The Labute approximate surface area is 102 Å². The fourth-order valence-corrected chi connectivity index (χ4v) is 1.42. The first-order valence-corrected chi connectivity index (χ1v) is 5.48. The first kappa shape index (κ1) is 12.5. The second kappa shape index (κ2) is 4.98. The third-order valence-corrected chi connectivity index (χ3v) is 2.00. The maximum atomic E-state index is 13.2. The molecule has 3 nitrogen and oxygen atoms in total. The van der Waals surface area contributed by atoms with Crippen LogP contribution in [0.2, 0.25) is 0 Å². The van der Waals surface area contributed by atoms with Crippen molar-refractivity contribution in [2.24, 2.45) is 5.73 Å². The monoisotopic (exact) mass is 325 g/mol. The van der Waals surface area contributed by atoms with Crippen LogP contribution in [-0.2, 0) is 6.54 Å². The molecule has 0 spiro atoms. The first-order valence-electron chi connectivity index (χ1n) is 4.40. The molecule has 0 bridgehead atoms. The molecule has 2 N–H and O–H groups in total. The Morgan fingerprint density at radius 2 is 2.20 bits per heavy atom. The molecule has 0 aliphatic carbocycles. The van der Waals surface area contributed by atoms with Crippen molar-refractivity contribution in [1.82, 2.24) is 0 Å². The lowest BCUT2D eigenvalue weighted by Crippen LogP contribution is -2.16. The van der Waals surface area contributed by atoms with Gasteiger partial charge in [-0.2, -0.15) is 4.39 Å². The van der Waals surface area contributed by atoms with Crippen molar-refractivity contribution in [1.29, 1.82) is 0 Å².